The molecule has 1 saturated carbocycles. The van der Waals surface area contributed by atoms with Gasteiger partial charge in [-0.25, -0.2) is 0 Å². The lowest BCUT2D eigenvalue weighted by Crippen LogP contribution is -2.54. The van der Waals surface area contributed by atoms with Crippen molar-refractivity contribution in [2.45, 2.75) is 50.8 Å². The molecule has 0 spiro atoms. The van der Waals surface area contributed by atoms with Crippen LogP contribution in [-0.4, -0.2) is 61.9 Å². The standard InChI is InChI=1S/C14H26N2O3/c1-11-10-16(8-9-19-11)7-6-14(2,13(17)18-3)15-12-4-5-12/h11-12,15H,4-10H2,1-3H3. The summed E-state index contributed by atoms with van der Waals surface area (Å²) in [7, 11) is 1.46. The van der Waals surface area contributed by atoms with Crippen LogP contribution in [0.25, 0.3) is 0 Å². The molecule has 2 aliphatic rings. The van der Waals surface area contributed by atoms with Crippen molar-refractivity contribution in [2.75, 3.05) is 33.4 Å². The van der Waals surface area contributed by atoms with E-state index < -0.39 is 5.54 Å². The van der Waals surface area contributed by atoms with Crippen LogP contribution in [0.5, 0.6) is 0 Å². The summed E-state index contributed by atoms with van der Waals surface area (Å²) >= 11 is 0. The molecule has 110 valence electrons. The molecular weight excluding hydrogens is 244 g/mol. The normalized spacial score (nSPS) is 27.8. The van der Waals surface area contributed by atoms with Crippen LogP contribution in [0.3, 0.4) is 0 Å². The molecule has 0 aromatic heterocycles. The number of hydrogen-bond acceptors (Lipinski definition) is 5. The van der Waals surface area contributed by atoms with Crippen LogP contribution in [0.1, 0.15) is 33.1 Å². The molecule has 19 heavy (non-hydrogen) atoms. The van der Waals surface area contributed by atoms with E-state index in [1.165, 1.54) is 20.0 Å². The summed E-state index contributed by atoms with van der Waals surface area (Å²) in [5.41, 5.74) is -0.558. The predicted molar refractivity (Wildman–Crippen MR) is 73.0 cm³/mol. The van der Waals surface area contributed by atoms with Crippen molar-refractivity contribution in [3.63, 3.8) is 0 Å². The average Bonchev–Trinajstić information content (AvgIpc) is 3.19. The van der Waals surface area contributed by atoms with E-state index in [1.54, 1.807) is 0 Å². The molecule has 5 heteroatoms. The first-order valence-electron chi connectivity index (χ1n) is 7.23. The number of nitrogens with one attached hydrogen (secondary N) is 1. The molecular formula is C14H26N2O3. The van der Waals surface area contributed by atoms with Gasteiger partial charge in [-0.3, -0.25) is 15.0 Å². The maximum Gasteiger partial charge on any atom is 0.325 e. The zero-order chi connectivity index (χ0) is 13.9. The van der Waals surface area contributed by atoms with Crippen molar-refractivity contribution in [1.82, 2.24) is 10.2 Å². The molecule has 0 bridgehead atoms. The smallest absolute Gasteiger partial charge is 0.325 e. The van der Waals surface area contributed by atoms with E-state index in [0.29, 0.717) is 6.04 Å². The van der Waals surface area contributed by atoms with Crippen molar-refractivity contribution >= 4 is 5.97 Å². The van der Waals surface area contributed by atoms with E-state index in [9.17, 15) is 4.79 Å². The number of esters is 1. The molecule has 1 heterocycles. The molecule has 1 saturated heterocycles. The van der Waals surface area contributed by atoms with E-state index in [-0.39, 0.29) is 12.1 Å². The molecule has 1 aliphatic carbocycles. The number of morpholine rings is 1. The zero-order valence-electron chi connectivity index (χ0n) is 12.3. The van der Waals surface area contributed by atoms with Gasteiger partial charge in [0.25, 0.3) is 0 Å². The van der Waals surface area contributed by atoms with Crippen molar-refractivity contribution in [3.05, 3.63) is 0 Å². The summed E-state index contributed by atoms with van der Waals surface area (Å²) in [6, 6.07) is 0.493. The number of nitrogens with zero attached hydrogens (tertiary/aromatic N) is 1. The van der Waals surface area contributed by atoms with Gasteiger partial charge in [-0.15, -0.1) is 0 Å². The number of carbonyl (C=O) groups is 1. The largest absolute Gasteiger partial charge is 0.468 e. The first-order valence-corrected chi connectivity index (χ1v) is 7.23. The van der Waals surface area contributed by atoms with Crippen LogP contribution in [-0.2, 0) is 14.3 Å². The molecule has 2 rings (SSSR count). The maximum atomic E-state index is 12.0. The van der Waals surface area contributed by atoms with Gasteiger partial charge in [0.05, 0.1) is 19.8 Å². The van der Waals surface area contributed by atoms with Gasteiger partial charge in [0.15, 0.2) is 0 Å². The molecule has 1 N–H and O–H groups in total. The van der Waals surface area contributed by atoms with Crippen LogP contribution < -0.4 is 5.32 Å². The number of methoxy groups -OCH3 is 1. The minimum Gasteiger partial charge on any atom is -0.468 e. The first kappa shape index (κ1) is 14.8. The number of hydrogen-bond donors (Lipinski definition) is 1. The minimum absolute atomic E-state index is 0.152. The Bertz CT molecular complexity index is 320. The van der Waals surface area contributed by atoms with Gasteiger partial charge >= 0.3 is 5.97 Å². The lowest BCUT2D eigenvalue weighted by Gasteiger charge is -2.34. The summed E-state index contributed by atoms with van der Waals surface area (Å²) in [5.74, 6) is -0.152. The number of ether oxygens (including phenoxy) is 2. The highest BCUT2D eigenvalue weighted by molar-refractivity contribution is 5.80. The Morgan fingerprint density at radius 1 is 1.53 bits per heavy atom. The summed E-state index contributed by atoms with van der Waals surface area (Å²) < 4.78 is 10.5. The fourth-order valence-corrected chi connectivity index (χ4v) is 2.61. The van der Waals surface area contributed by atoms with Crippen molar-refractivity contribution in [2.24, 2.45) is 0 Å². The molecule has 0 radical (unpaired) electrons. The molecule has 0 amide bonds. The highest BCUT2D eigenvalue weighted by atomic mass is 16.5. The molecule has 2 atom stereocenters. The Morgan fingerprint density at radius 2 is 2.26 bits per heavy atom. The highest BCUT2D eigenvalue weighted by Gasteiger charge is 2.39. The van der Waals surface area contributed by atoms with Crippen molar-refractivity contribution < 1.29 is 14.3 Å². The Labute approximate surface area is 115 Å². The molecule has 2 unspecified atom stereocenters. The van der Waals surface area contributed by atoms with Crippen LogP contribution in [0.2, 0.25) is 0 Å². The summed E-state index contributed by atoms with van der Waals surface area (Å²) in [4.78, 5) is 14.4. The number of rotatable bonds is 6. The maximum absolute atomic E-state index is 12.0. The van der Waals surface area contributed by atoms with Gasteiger partial charge in [0, 0.05) is 25.7 Å². The SMILES string of the molecule is COC(=O)C(C)(CCN1CCOC(C)C1)NC1CC1. The lowest BCUT2D eigenvalue weighted by atomic mass is 9.97. The Balaban J connectivity index is 1.86. The van der Waals surface area contributed by atoms with Gasteiger partial charge in [-0.05, 0) is 33.1 Å². The lowest BCUT2D eigenvalue weighted by molar-refractivity contribution is -0.148. The summed E-state index contributed by atoms with van der Waals surface area (Å²) in [5, 5.41) is 3.44. The van der Waals surface area contributed by atoms with E-state index in [2.05, 4.69) is 17.1 Å². The third-order valence-corrected chi connectivity index (χ3v) is 3.99. The third-order valence-electron chi connectivity index (χ3n) is 3.99. The van der Waals surface area contributed by atoms with E-state index >= 15 is 0 Å². The molecule has 1 aliphatic heterocycles. The van der Waals surface area contributed by atoms with E-state index in [1.807, 2.05) is 6.92 Å². The third kappa shape index (κ3) is 4.16. The average molecular weight is 270 g/mol. The van der Waals surface area contributed by atoms with E-state index in [4.69, 9.17) is 9.47 Å². The molecule has 5 nitrogen and oxygen atoms in total. The highest BCUT2D eigenvalue weighted by Crippen LogP contribution is 2.25. The number of carbonyl (C=O) groups excluding carboxylic acids is 1. The second kappa shape index (κ2) is 6.20. The quantitative estimate of drug-likeness (QED) is 0.723. The minimum atomic E-state index is -0.558. The predicted octanol–water partition coefficient (Wildman–Crippen LogP) is 0.781. The zero-order valence-corrected chi connectivity index (χ0v) is 12.3. The topological polar surface area (TPSA) is 50.8 Å². The van der Waals surface area contributed by atoms with Crippen LogP contribution in [0.15, 0.2) is 0 Å². The van der Waals surface area contributed by atoms with Crippen LogP contribution in [0, 0.1) is 0 Å². The first-order chi connectivity index (χ1) is 9.03. The second-order valence-corrected chi connectivity index (χ2v) is 5.97. The molecule has 0 aromatic rings. The fraction of sp³-hybridized carbons (Fsp3) is 0.929. The van der Waals surface area contributed by atoms with Gasteiger partial charge in [-0.2, -0.15) is 0 Å². The van der Waals surface area contributed by atoms with Crippen molar-refractivity contribution in [1.29, 1.82) is 0 Å². The Morgan fingerprint density at radius 3 is 2.84 bits per heavy atom. The molecule has 0 aromatic carbocycles. The molecule has 2 fully saturated rings. The monoisotopic (exact) mass is 270 g/mol. The fourth-order valence-electron chi connectivity index (χ4n) is 2.61. The van der Waals surface area contributed by atoms with E-state index in [0.717, 1.165) is 32.7 Å². The van der Waals surface area contributed by atoms with Crippen LogP contribution in [0.4, 0.5) is 0 Å². The van der Waals surface area contributed by atoms with Gasteiger partial charge in [-0.1, -0.05) is 0 Å². The van der Waals surface area contributed by atoms with Gasteiger partial charge in [0.1, 0.15) is 5.54 Å². The van der Waals surface area contributed by atoms with Crippen LogP contribution >= 0.6 is 0 Å². The Kier molecular flexibility index (Phi) is 4.81. The van der Waals surface area contributed by atoms with Gasteiger partial charge in [0.2, 0.25) is 0 Å². The summed E-state index contributed by atoms with van der Waals surface area (Å²) in [6.45, 7) is 7.63. The second-order valence-electron chi connectivity index (χ2n) is 5.97. The Hall–Kier alpha value is -0.650. The van der Waals surface area contributed by atoms with Gasteiger partial charge < -0.3 is 9.47 Å². The summed E-state index contributed by atoms with van der Waals surface area (Å²) in [6.07, 6.45) is 3.40. The van der Waals surface area contributed by atoms with Crippen molar-refractivity contribution in [3.8, 4) is 0 Å².